The smallest absolute Gasteiger partial charge is 0.416 e. The number of rotatable bonds is 9. The molecule has 2 aromatic carbocycles. The van der Waals surface area contributed by atoms with Crippen molar-refractivity contribution >= 4 is 52.2 Å². The second-order valence-corrected chi connectivity index (χ2v) is 10.1. The van der Waals surface area contributed by atoms with Gasteiger partial charge < -0.3 is 25.0 Å². The zero-order valence-electron chi connectivity index (χ0n) is 23.1. The lowest BCUT2D eigenvalue weighted by Crippen LogP contribution is -2.45. The molecule has 1 aliphatic heterocycles. The quantitative estimate of drug-likeness (QED) is 0.252. The summed E-state index contributed by atoms with van der Waals surface area (Å²) in [6.45, 7) is 6.27. The van der Waals surface area contributed by atoms with Crippen molar-refractivity contribution in [1.82, 2.24) is 19.8 Å². The van der Waals surface area contributed by atoms with Crippen molar-refractivity contribution in [1.29, 1.82) is 0 Å². The summed E-state index contributed by atoms with van der Waals surface area (Å²) < 4.78 is 52.4. The van der Waals surface area contributed by atoms with Gasteiger partial charge in [-0.05, 0) is 24.2 Å². The Morgan fingerprint density at radius 2 is 1.55 bits per heavy atom. The lowest BCUT2D eigenvalue weighted by molar-refractivity contribution is -0.138. The average molecular weight is 628 g/mol. The number of methoxy groups -OCH3 is 2. The van der Waals surface area contributed by atoms with Crippen LogP contribution in [0.25, 0.3) is 0 Å². The highest BCUT2D eigenvalue weighted by Gasteiger charge is 2.34. The van der Waals surface area contributed by atoms with Gasteiger partial charge in [-0.3, -0.25) is 10.2 Å². The molecule has 4 rings (SSSR count). The topological polar surface area (TPSA) is 104 Å². The Morgan fingerprint density at radius 3 is 2.14 bits per heavy atom. The van der Waals surface area contributed by atoms with Crippen molar-refractivity contribution in [3.63, 3.8) is 0 Å². The summed E-state index contributed by atoms with van der Waals surface area (Å²) in [4.78, 5) is 25.1. The van der Waals surface area contributed by atoms with Crippen LogP contribution in [0.1, 0.15) is 18.1 Å². The fourth-order valence-electron chi connectivity index (χ4n) is 4.46. The summed E-state index contributed by atoms with van der Waals surface area (Å²) in [7, 11) is 2.79. The van der Waals surface area contributed by atoms with Gasteiger partial charge in [0.25, 0.3) is 0 Å². The molecule has 3 aromatic rings. The SMILES string of the molecule is CCN1CCN(Cc2ccc(Nc3cc(NC(=O)Nc4c(Cl)c(OC)cc(OC)c4Cl)ncn3)cc2C(F)(F)F)CC1. The van der Waals surface area contributed by atoms with E-state index in [1.165, 1.54) is 32.4 Å². The first-order valence-electron chi connectivity index (χ1n) is 12.9. The van der Waals surface area contributed by atoms with Crippen molar-refractivity contribution in [3.05, 3.63) is 57.8 Å². The molecular weight excluding hydrogens is 598 g/mol. The summed E-state index contributed by atoms with van der Waals surface area (Å²) in [5.74, 6) is 0.678. The normalized spacial score (nSPS) is 14.4. The molecule has 2 amide bonds. The van der Waals surface area contributed by atoms with Gasteiger partial charge >= 0.3 is 12.2 Å². The molecule has 1 saturated heterocycles. The molecule has 0 spiro atoms. The number of carbonyl (C=O) groups excluding carboxylic acids is 1. The summed E-state index contributed by atoms with van der Waals surface area (Å²) in [6, 6.07) is 6.18. The number of benzene rings is 2. The first kappa shape index (κ1) is 31.4. The van der Waals surface area contributed by atoms with E-state index in [-0.39, 0.29) is 56.7 Å². The number of nitrogens with one attached hydrogen (secondary N) is 3. The highest BCUT2D eigenvalue weighted by atomic mass is 35.5. The maximum atomic E-state index is 14.0. The van der Waals surface area contributed by atoms with E-state index >= 15 is 0 Å². The van der Waals surface area contributed by atoms with Crippen LogP contribution < -0.4 is 25.4 Å². The number of halogens is 5. The minimum absolute atomic E-state index is 0.0476. The second kappa shape index (κ2) is 13.6. The van der Waals surface area contributed by atoms with E-state index in [2.05, 4.69) is 37.7 Å². The van der Waals surface area contributed by atoms with Gasteiger partial charge in [-0.15, -0.1) is 0 Å². The van der Waals surface area contributed by atoms with Crippen LogP contribution in [0, 0.1) is 0 Å². The maximum absolute atomic E-state index is 14.0. The van der Waals surface area contributed by atoms with Gasteiger partial charge in [-0.1, -0.05) is 36.2 Å². The van der Waals surface area contributed by atoms with E-state index in [1.807, 2.05) is 4.90 Å². The fraction of sp³-hybridized carbons (Fsp3) is 0.370. The number of ether oxygens (including phenoxy) is 2. The van der Waals surface area contributed by atoms with Crippen LogP contribution in [0.15, 0.2) is 36.7 Å². The Kier molecular flexibility index (Phi) is 10.2. The molecule has 0 radical (unpaired) electrons. The highest BCUT2D eigenvalue weighted by Crippen LogP contribution is 2.44. The number of piperazine rings is 1. The van der Waals surface area contributed by atoms with Crippen LogP contribution in [0.4, 0.5) is 41.0 Å². The second-order valence-electron chi connectivity index (χ2n) is 9.36. The molecule has 3 N–H and O–H groups in total. The van der Waals surface area contributed by atoms with E-state index in [0.717, 1.165) is 32.0 Å². The van der Waals surface area contributed by atoms with Gasteiger partial charge in [-0.25, -0.2) is 14.8 Å². The van der Waals surface area contributed by atoms with Crippen LogP contribution >= 0.6 is 23.2 Å². The first-order valence-corrected chi connectivity index (χ1v) is 13.7. The monoisotopic (exact) mass is 627 g/mol. The molecule has 0 bridgehead atoms. The number of amides is 2. The Labute approximate surface area is 251 Å². The van der Waals surface area contributed by atoms with Crippen molar-refractivity contribution in [2.45, 2.75) is 19.6 Å². The summed E-state index contributed by atoms with van der Waals surface area (Å²) in [5.41, 5.74) is -0.296. The van der Waals surface area contributed by atoms with Crippen LogP contribution in [0.3, 0.4) is 0 Å². The number of anilines is 4. The third-order valence-electron chi connectivity index (χ3n) is 6.71. The van der Waals surface area contributed by atoms with Gasteiger partial charge in [0.05, 0.1) is 25.5 Å². The average Bonchev–Trinajstić information content (AvgIpc) is 2.96. The number of alkyl halides is 3. The molecule has 15 heteroatoms. The summed E-state index contributed by atoms with van der Waals surface area (Å²) in [6.07, 6.45) is -3.39. The minimum Gasteiger partial charge on any atom is -0.495 e. The van der Waals surface area contributed by atoms with Gasteiger partial charge in [0.2, 0.25) is 0 Å². The van der Waals surface area contributed by atoms with Crippen molar-refractivity contribution < 1.29 is 27.4 Å². The summed E-state index contributed by atoms with van der Waals surface area (Å²) >= 11 is 12.6. The number of urea groups is 1. The van der Waals surface area contributed by atoms with E-state index in [1.54, 1.807) is 6.07 Å². The van der Waals surface area contributed by atoms with Gasteiger partial charge in [0.1, 0.15) is 39.5 Å². The Morgan fingerprint density at radius 1 is 0.929 bits per heavy atom. The van der Waals surface area contributed by atoms with E-state index in [9.17, 15) is 18.0 Å². The summed E-state index contributed by atoms with van der Waals surface area (Å²) in [5, 5.41) is 8.00. The van der Waals surface area contributed by atoms with Crippen molar-refractivity contribution in [2.75, 3.05) is 62.9 Å². The van der Waals surface area contributed by atoms with Crippen LogP contribution in [-0.2, 0) is 12.7 Å². The number of hydrogen-bond acceptors (Lipinski definition) is 8. The van der Waals surface area contributed by atoms with Crippen LogP contribution in [-0.4, -0.2) is 72.7 Å². The molecule has 226 valence electrons. The Hall–Kier alpha value is -3.52. The first-order chi connectivity index (χ1) is 20.0. The Bertz CT molecular complexity index is 1390. The molecule has 1 fully saturated rings. The predicted molar refractivity (Wildman–Crippen MR) is 156 cm³/mol. The molecule has 1 aromatic heterocycles. The molecule has 1 aliphatic rings. The molecule has 0 aliphatic carbocycles. The predicted octanol–water partition coefficient (Wildman–Crippen LogP) is 6.34. The minimum atomic E-state index is -4.54. The lowest BCUT2D eigenvalue weighted by Gasteiger charge is -2.34. The van der Waals surface area contributed by atoms with Gasteiger partial charge in [0.15, 0.2) is 0 Å². The molecule has 2 heterocycles. The fourth-order valence-corrected chi connectivity index (χ4v) is 5.05. The number of aromatic nitrogens is 2. The zero-order chi connectivity index (χ0) is 30.4. The standard InChI is InChI=1S/C27H30Cl2F3N7O3/c1-4-38-7-9-39(10-8-38)14-16-5-6-17(11-18(16)27(30,31)32)35-21-13-22(34-15-33-21)36-26(40)37-25-23(28)19(41-2)12-20(42-3)24(25)29/h5-6,11-13,15H,4,7-10,14H2,1-3H3,(H3,33,34,35,36,37,40). The van der Waals surface area contributed by atoms with E-state index in [0.29, 0.717) is 13.1 Å². The van der Waals surface area contributed by atoms with E-state index < -0.39 is 17.8 Å². The molecule has 0 atom stereocenters. The van der Waals surface area contributed by atoms with Gasteiger partial charge in [0, 0.05) is 50.5 Å². The highest BCUT2D eigenvalue weighted by molar-refractivity contribution is 6.41. The third-order valence-corrected chi connectivity index (χ3v) is 7.47. The molecule has 10 nitrogen and oxygen atoms in total. The van der Waals surface area contributed by atoms with Crippen LogP contribution in [0.5, 0.6) is 11.5 Å². The van der Waals surface area contributed by atoms with Crippen LogP contribution in [0.2, 0.25) is 10.0 Å². The van der Waals surface area contributed by atoms with Crippen molar-refractivity contribution in [3.8, 4) is 11.5 Å². The third kappa shape index (κ3) is 7.65. The number of carbonyl (C=O) groups is 1. The van der Waals surface area contributed by atoms with Crippen molar-refractivity contribution in [2.24, 2.45) is 0 Å². The molecule has 0 unspecified atom stereocenters. The number of likely N-dealkylation sites (N-methyl/N-ethyl adjacent to an activating group) is 1. The molecule has 0 saturated carbocycles. The Balaban J connectivity index is 1.47. The maximum Gasteiger partial charge on any atom is 0.416 e. The lowest BCUT2D eigenvalue weighted by atomic mass is 10.0. The number of nitrogens with zero attached hydrogens (tertiary/aromatic N) is 4. The number of hydrogen-bond donors (Lipinski definition) is 3. The molecular formula is C27H30Cl2F3N7O3. The van der Waals surface area contributed by atoms with Gasteiger partial charge in [-0.2, -0.15) is 13.2 Å². The van der Waals surface area contributed by atoms with E-state index in [4.69, 9.17) is 32.7 Å². The molecule has 42 heavy (non-hydrogen) atoms. The largest absolute Gasteiger partial charge is 0.495 e. The zero-order valence-corrected chi connectivity index (χ0v) is 24.6.